The number of pyridine rings is 1. The van der Waals surface area contributed by atoms with Crippen LogP contribution in [0, 0.1) is 0 Å². The van der Waals surface area contributed by atoms with Crippen molar-refractivity contribution in [3.05, 3.63) is 48.3 Å². The van der Waals surface area contributed by atoms with Crippen molar-refractivity contribution in [2.45, 2.75) is 57.6 Å². The first kappa shape index (κ1) is 17.2. The van der Waals surface area contributed by atoms with Crippen LogP contribution in [0.4, 0.5) is 11.4 Å². The predicted octanol–water partition coefficient (Wildman–Crippen LogP) is 5.02. The molecule has 2 aromatic heterocycles. The molecule has 1 aliphatic heterocycles. The van der Waals surface area contributed by atoms with Crippen LogP contribution in [0.5, 0.6) is 0 Å². The Morgan fingerprint density at radius 1 is 1.11 bits per heavy atom. The number of hydrogen-bond acceptors (Lipinski definition) is 5. The monoisotopic (exact) mass is 375 g/mol. The Kier molecular flexibility index (Phi) is 4.26. The lowest BCUT2D eigenvalue weighted by Crippen LogP contribution is -2.31. The number of nitrogens with zero attached hydrogens (tertiary/aromatic N) is 4. The van der Waals surface area contributed by atoms with Gasteiger partial charge in [0, 0.05) is 30.4 Å². The van der Waals surface area contributed by atoms with Crippen LogP contribution in [0.25, 0.3) is 11.0 Å². The Balaban J connectivity index is 1.57. The van der Waals surface area contributed by atoms with Crippen LogP contribution in [-0.2, 0) is 11.4 Å². The molecule has 6 nitrogen and oxygen atoms in total. The third-order valence-corrected chi connectivity index (χ3v) is 5.92. The van der Waals surface area contributed by atoms with Gasteiger partial charge in [0.05, 0.1) is 23.0 Å². The summed E-state index contributed by atoms with van der Waals surface area (Å²) in [6.07, 6.45) is 10.6. The molecule has 0 unspecified atom stereocenters. The average molecular weight is 375 g/mol. The fourth-order valence-electron chi connectivity index (χ4n) is 4.41. The molecule has 28 heavy (non-hydrogen) atoms. The number of rotatable bonds is 4. The maximum absolute atomic E-state index is 6.00. The fraction of sp³-hybridized carbons (Fsp3) is 0.409. The number of aryl methyl sites for hydroxylation is 1. The van der Waals surface area contributed by atoms with Gasteiger partial charge in [0.15, 0.2) is 5.65 Å². The SMILES string of the molecule is CCn1ncc2c(Nc3ccccc3)c(C3=NOC4(CCCCC4)C3)cnc21. The molecule has 5 rings (SSSR count). The fourth-order valence-corrected chi connectivity index (χ4v) is 4.41. The van der Waals surface area contributed by atoms with Crippen molar-refractivity contribution >= 4 is 28.1 Å². The molecule has 1 saturated carbocycles. The van der Waals surface area contributed by atoms with E-state index in [1.807, 2.05) is 35.3 Å². The van der Waals surface area contributed by atoms with Gasteiger partial charge in [-0.3, -0.25) is 0 Å². The van der Waals surface area contributed by atoms with Gasteiger partial charge >= 0.3 is 0 Å². The second-order valence-corrected chi connectivity index (χ2v) is 7.79. The highest BCUT2D eigenvalue weighted by Gasteiger charge is 2.41. The summed E-state index contributed by atoms with van der Waals surface area (Å²) in [6, 6.07) is 10.2. The molecule has 6 heteroatoms. The molecular formula is C22H25N5O. The quantitative estimate of drug-likeness (QED) is 0.695. The third kappa shape index (κ3) is 2.93. The number of fused-ring (bicyclic) bond motifs is 1. The zero-order valence-electron chi connectivity index (χ0n) is 16.2. The van der Waals surface area contributed by atoms with Crippen LogP contribution in [0.15, 0.2) is 47.9 Å². The summed E-state index contributed by atoms with van der Waals surface area (Å²) in [6.45, 7) is 2.86. The highest BCUT2D eigenvalue weighted by Crippen LogP contribution is 2.41. The Morgan fingerprint density at radius 2 is 1.93 bits per heavy atom. The minimum Gasteiger partial charge on any atom is -0.389 e. The van der Waals surface area contributed by atoms with Gasteiger partial charge in [-0.05, 0) is 44.7 Å². The highest BCUT2D eigenvalue weighted by atomic mass is 16.7. The summed E-state index contributed by atoms with van der Waals surface area (Å²) in [5.74, 6) is 0. The van der Waals surface area contributed by atoms with Gasteiger partial charge in [0.2, 0.25) is 0 Å². The lowest BCUT2D eigenvalue weighted by atomic mass is 9.81. The van der Waals surface area contributed by atoms with Gasteiger partial charge in [0.25, 0.3) is 0 Å². The van der Waals surface area contributed by atoms with Crippen LogP contribution < -0.4 is 5.32 Å². The molecule has 0 atom stereocenters. The molecule has 3 heterocycles. The van der Waals surface area contributed by atoms with E-state index in [1.165, 1.54) is 19.3 Å². The molecule has 1 fully saturated rings. The van der Waals surface area contributed by atoms with Gasteiger partial charge in [-0.2, -0.15) is 5.10 Å². The molecule has 0 bridgehead atoms. The van der Waals surface area contributed by atoms with Gasteiger partial charge in [0.1, 0.15) is 5.60 Å². The first-order chi connectivity index (χ1) is 13.8. The van der Waals surface area contributed by atoms with Crippen LogP contribution in [0.1, 0.15) is 51.0 Å². The summed E-state index contributed by atoms with van der Waals surface area (Å²) in [4.78, 5) is 10.7. The van der Waals surface area contributed by atoms with E-state index < -0.39 is 0 Å². The van der Waals surface area contributed by atoms with Gasteiger partial charge in [-0.15, -0.1) is 0 Å². The van der Waals surface area contributed by atoms with Crippen molar-refractivity contribution in [1.29, 1.82) is 0 Å². The van der Waals surface area contributed by atoms with Crippen molar-refractivity contribution in [3.8, 4) is 0 Å². The lowest BCUT2D eigenvalue weighted by molar-refractivity contribution is -0.0449. The van der Waals surface area contributed by atoms with E-state index in [1.54, 1.807) is 0 Å². The van der Waals surface area contributed by atoms with E-state index in [2.05, 4.69) is 34.6 Å². The molecule has 0 amide bonds. The van der Waals surface area contributed by atoms with E-state index in [0.29, 0.717) is 0 Å². The van der Waals surface area contributed by atoms with Crippen LogP contribution in [0.3, 0.4) is 0 Å². The molecule has 0 saturated heterocycles. The third-order valence-electron chi connectivity index (χ3n) is 5.92. The molecule has 0 radical (unpaired) electrons. The number of anilines is 2. The molecular weight excluding hydrogens is 350 g/mol. The summed E-state index contributed by atoms with van der Waals surface area (Å²) in [5, 5.41) is 13.6. The van der Waals surface area contributed by atoms with Crippen molar-refractivity contribution in [2.24, 2.45) is 5.16 Å². The highest BCUT2D eigenvalue weighted by molar-refractivity contribution is 6.11. The Bertz CT molecular complexity index is 1020. The van der Waals surface area contributed by atoms with Crippen molar-refractivity contribution in [1.82, 2.24) is 14.8 Å². The predicted molar refractivity (Wildman–Crippen MR) is 111 cm³/mol. The van der Waals surface area contributed by atoms with E-state index in [0.717, 1.165) is 59.5 Å². The van der Waals surface area contributed by atoms with Crippen molar-refractivity contribution < 1.29 is 4.84 Å². The smallest absolute Gasteiger partial charge is 0.159 e. The zero-order valence-corrected chi connectivity index (χ0v) is 16.2. The van der Waals surface area contributed by atoms with Crippen LogP contribution in [0.2, 0.25) is 0 Å². The normalized spacial score (nSPS) is 18.2. The molecule has 2 aliphatic rings. The number of aromatic nitrogens is 3. The lowest BCUT2D eigenvalue weighted by Gasteiger charge is -2.30. The van der Waals surface area contributed by atoms with E-state index in [-0.39, 0.29) is 5.60 Å². The molecule has 144 valence electrons. The Labute approximate surface area is 164 Å². The average Bonchev–Trinajstić information content (AvgIpc) is 3.34. The number of oxime groups is 1. The molecule has 1 N–H and O–H groups in total. The standard InChI is InChI=1S/C22H25N5O/c1-2-27-21-18(15-24-27)20(25-16-9-5-3-6-10-16)17(14-23-21)19-13-22(28-26-19)11-7-4-8-12-22/h3,5-6,9-10,14-15H,2,4,7-8,11-13H2,1H3,(H,23,25). The number of para-hydroxylation sites is 1. The Morgan fingerprint density at radius 3 is 2.71 bits per heavy atom. The molecule has 3 aromatic rings. The number of nitrogens with one attached hydrogen (secondary N) is 1. The molecule has 1 aliphatic carbocycles. The van der Waals surface area contributed by atoms with E-state index in [9.17, 15) is 0 Å². The second kappa shape index (κ2) is 6.93. The maximum atomic E-state index is 6.00. The second-order valence-electron chi connectivity index (χ2n) is 7.79. The first-order valence-corrected chi connectivity index (χ1v) is 10.2. The minimum atomic E-state index is -0.111. The van der Waals surface area contributed by atoms with Gasteiger partial charge in [-0.1, -0.05) is 29.8 Å². The molecule has 1 spiro atoms. The van der Waals surface area contributed by atoms with Gasteiger partial charge < -0.3 is 10.2 Å². The zero-order chi connectivity index (χ0) is 19.0. The van der Waals surface area contributed by atoms with Gasteiger partial charge in [-0.25, -0.2) is 9.67 Å². The number of hydrogen-bond donors (Lipinski definition) is 1. The minimum absolute atomic E-state index is 0.111. The summed E-state index contributed by atoms with van der Waals surface area (Å²) in [7, 11) is 0. The van der Waals surface area contributed by atoms with Crippen LogP contribution >= 0.6 is 0 Å². The van der Waals surface area contributed by atoms with E-state index in [4.69, 9.17) is 9.82 Å². The summed E-state index contributed by atoms with van der Waals surface area (Å²) < 4.78 is 1.92. The van der Waals surface area contributed by atoms with Crippen LogP contribution in [-0.4, -0.2) is 26.1 Å². The maximum Gasteiger partial charge on any atom is 0.159 e. The molecule has 1 aromatic carbocycles. The Hall–Kier alpha value is -2.89. The van der Waals surface area contributed by atoms with E-state index >= 15 is 0 Å². The summed E-state index contributed by atoms with van der Waals surface area (Å²) >= 11 is 0. The largest absolute Gasteiger partial charge is 0.389 e. The topological polar surface area (TPSA) is 64.3 Å². The van der Waals surface area contributed by atoms with Crippen molar-refractivity contribution in [2.75, 3.05) is 5.32 Å². The summed E-state index contributed by atoms with van der Waals surface area (Å²) in [5.41, 5.74) is 4.81. The van der Waals surface area contributed by atoms with Crippen molar-refractivity contribution in [3.63, 3.8) is 0 Å². The number of benzene rings is 1. The first-order valence-electron chi connectivity index (χ1n) is 10.2.